The van der Waals surface area contributed by atoms with Crippen LogP contribution in [-0.2, 0) is 21.2 Å². The molecule has 0 saturated carbocycles. The molecule has 0 radical (unpaired) electrons. The molecule has 8 nitrogen and oxygen atoms in total. The quantitative estimate of drug-likeness (QED) is 0.431. The maximum Gasteiger partial charge on any atom is 0.573 e. The number of hydrogen-bond acceptors (Lipinski definition) is 6. The van der Waals surface area contributed by atoms with Gasteiger partial charge in [0.2, 0.25) is 5.91 Å². The van der Waals surface area contributed by atoms with E-state index in [0.29, 0.717) is 5.56 Å². The van der Waals surface area contributed by atoms with E-state index in [1.807, 2.05) is 0 Å². The molecule has 0 unspecified atom stereocenters. The number of nitrogens with one attached hydrogen (secondary N) is 3. The summed E-state index contributed by atoms with van der Waals surface area (Å²) in [6.45, 7) is 0. The standard InChI is InChI=1S/C20H16F3N3O5S2/c21-20(22,23)31-14-9-7-13(8-10-14)12-17(27)24-25-19(28)15-4-1-2-5-16(15)26-33(29,30)18-6-3-11-32-18/h1-11,26H,12H2,(H,24,27)(H,25,28). The minimum absolute atomic E-state index is 0.0119. The van der Waals surface area contributed by atoms with Crippen molar-refractivity contribution < 1.29 is 35.9 Å². The highest BCUT2D eigenvalue weighted by Gasteiger charge is 2.31. The van der Waals surface area contributed by atoms with E-state index in [-0.39, 0.29) is 21.9 Å². The first-order valence-electron chi connectivity index (χ1n) is 9.13. The number of benzene rings is 2. The van der Waals surface area contributed by atoms with Gasteiger partial charge in [-0.05, 0) is 41.3 Å². The maximum atomic E-state index is 12.5. The number of carbonyl (C=O) groups is 2. The van der Waals surface area contributed by atoms with Crippen molar-refractivity contribution in [2.24, 2.45) is 0 Å². The van der Waals surface area contributed by atoms with Crippen LogP contribution in [0.1, 0.15) is 15.9 Å². The van der Waals surface area contributed by atoms with Gasteiger partial charge in [-0.25, -0.2) is 8.42 Å². The Bertz CT molecular complexity index is 1230. The van der Waals surface area contributed by atoms with E-state index in [9.17, 15) is 31.2 Å². The molecule has 0 bridgehead atoms. The summed E-state index contributed by atoms with van der Waals surface area (Å²) in [6.07, 6.45) is -5.06. The number of carbonyl (C=O) groups excluding carboxylic acids is 2. The Kier molecular flexibility index (Phi) is 7.23. The summed E-state index contributed by atoms with van der Waals surface area (Å²) in [4.78, 5) is 24.6. The molecule has 0 aliphatic rings. The molecule has 33 heavy (non-hydrogen) atoms. The van der Waals surface area contributed by atoms with Crippen LogP contribution in [-0.4, -0.2) is 26.6 Å². The highest BCUT2D eigenvalue weighted by atomic mass is 32.2. The number of rotatable bonds is 7. The normalized spacial score (nSPS) is 11.5. The fourth-order valence-electron chi connectivity index (χ4n) is 2.61. The SMILES string of the molecule is O=C(Cc1ccc(OC(F)(F)F)cc1)NNC(=O)c1ccccc1NS(=O)(=O)c1cccs1. The van der Waals surface area contributed by atoms with Crippen molar-refractivity contribution in [2.45, 2.75) is 17.0 Å². The summed E-state index contributed by atoms with van der Waals surface area (Å²) in [7, 11) is -3.89. The molecule has 3 rings (SSSR count). The van der Waals surface area contributed by atoms with Crippen LogP contribution >= 0.6 is 11.3 Å². The summed E-state index contributed by atoms with van der Waals surface area (Å²) < 4.78 is 67.6. The molecule has 1 aromatic heterocycles. The zero-order valence-electron chi connectivity index (χ0n) is 16.5. The minimum atomic E-state index is -4.82. The molecular formula is C20H16F3N3O5S2. The van der Waals surface area contributed by atoms with E-state index in [0.717, 1.165) is 23.5 Å². The predicted octanol–water partition coefficient (Wildman–Crippen LogP) is 3.45. The number of amides is 2. The average Bonchev–Trinajstić information content (AvgIpc) is 3.29. The highest BCUT2D eigenvalue weighted by Crippen LogP contribution is 2.24. The molecule has 0 saturated heterocycles. The van der Waals surface area contributed by atoms with Crippen molar-refractivity contribution in [1.29, 1.82) is 0 Å². The molecule has 0 atom stereocenters. The lowest BCUT2D eigenvalue weighted by molar-refractivity contribution is -0.274. The Morgan fingerprint density at radius 2 is 1.64 bits per heavy atom. The lowest BCUT2D eigenvalue weighted by Gasteiger charge is -2.13. The number of sulfonamides is 1. The van der Waals surface area contributed by atoms with Crippen LogP contribution in [0.4, 0.5) is 18.9 Å². The molecule has 0 aliphatic heterocycles. The monoisotopic (exact) mass is 499 g/mol. The number of alkyl halides is 3. The molecule has 0 spiro atoms. The van der Waals surface area contributed by atoms with Crippen molar-refractivity contribution in [3.63, 3.8) is 0 Å². The van der Waals surface area contributed by atoms with Gasteiger partial charge in [0.25, 0.3) is 15.9 Å². The molecule has 2 aromatic carbocycles. The molecular weight excluding hydrogens is 483 g/mol. The van der Waals surface area contributed by atoms with Crippen LogP contribution in [0.3, 0.4) is 0 Å². The minimum Gasteiger partial charge on any atom is -0.406 e. The fraction of sp³-hybridized carbons (Fsp3) is 0.100. The summed E-state index contributed by atoms with van der Waals surface area (Å²) in [5.74, 6) is -1.85. The largest absolute Gasteiger partial charge is 0.573 e. The van der Waals surface area contributed by atoms with Crippen molar-refractivity contribution in [3.05, 3.63) is 77.2 Å². The van der Waals surface area contributed by atoms with Crippen LogP contribution in [0.25, 0.3) is 0 Å². The van der Waals surface area contributed by atoms with Gasteiger partial charge in [0.15, 0.2) is 0 Å². The summed E-state index contributed by atoms with van der Waals surface area (Å²) in [5.41, 5.74) is 4.70. The number of para-hydroxylation sites is 1. The molecule has 2 amide bonds. The molecule has 3 N–H and O–H groups in total. The maximum absolute atomic E-state index is 12.5. The molecule has 13 heteroatoms. The Morgan fingerprint density at radius 3 is 2.27 bits per heavy atom. The van der Waals surface area contributed by atoms with Crippen LogP contribution in [0.15, 0.2) is 70.3 Å². The molecule has 1 heterocycles. The van der Waals surface area contributed by atoms with Gasteiger partial charge < -0.3 is 4.74 Å². The van der Waals surface area contributed by atoms with Gasteiger partial charge >= 0.3 is 6.36 Å². The summed E-state index contributed by atoms with van der Waals surface area (Å²) in [6, 6.07) is 13.5. The Labute approximate surface area is 190 Å². The van der Waals surface area contributed by atoms with Gasteiger partial charge in [-0.3, -0.25) is 25.2 Å². The Morgan fingerprint density at radius 1 is 0.939 bits per heavy atom. The lowest BCUT2D eigenvalue weighted by Crippen LogP contribution is -2.42. The second kappa shape index (κ2) is 9.92. The summed E-state index contributed by atoms with van der Waals surface area (Å²) in [5, 5.41) is 1.60. The second-order valence-corrected chi connectivity index (χ2v) is 9.31. The van der Waals surface area contributed by atoms with E-state index in [1.165, 1.54) is 42.5 Å². The highest BCUT2D eigenvalue weighted by molar-refractivity contribution is 7.94. The van der Waals surface area contributed by atoms with Gasteiger partial charge in [-0.2, -0.15) is 0 Å². The van der Waals surface area contributed by atoms with Crippen LogP contribution in [0, 0.1) is 0 Å². The first-order chi connectivity index (χ1) is 15.5. The first-order valence-corrected chi connectivity index (χ1v) is 11.5. The van der Waals surface area contributed by atoms with Crippen molar-refractivity contribution in [1.82, 2.24) is 10.9 Å². The van der Waals surface area contributed by atoms with Gasteiger partial charge in [-0.1, -0.05) is 30.3 Å². The van der Waals surface area contributed by atoms with E-state index < -0.39 is 33.9 Å². The number of thiophene rings is 1. The topological polar surface area (TPSA) is 114 Å². The zero-order valence-corrected chi connectivity index (χ0v) is 18.2. The fourth-order valence-corrected chi connectivity index (χ4v) is 4.69. The Hall–Kier alpha value is -3.58. The number of ether oxygens (including phenoxy) is 1. The third kappa shape index (κ3) is 6.95. The van der Waals surface area contributed by atoms with Crippen LogP contribution in [0.5, 0.6) is 5.75 Å². The number of hydrogen-bond donors (Lipinski definition) is 3. The van der Waals surface area contributed by atoms with Crippen molar-refractivity contribution >= 4 is 38.9 Å². The van der Waals surface area contributed by atoms with E-state index in [1.54, 1.807) is 11.4 Å². The number of halogens is 3. The number of anilines is 1. The molecule has 0 aliphatic carbocycles. The third-order valence-electron chi connectivity index (χ3n) is 4.01. The first kappa shape index (κ1) is 24.1. The van der Waals surface area contributed by atoms with E-state index >= 15 is 0 Å². The van der Waals surface area contributed by atoms with Crippen molar-refractivity contribution in [3.8, 4) is 5.75 Å². The lowest BCUT2D eigenvalue weighted by atomic mass is 10.1. The smallest absolute Gasteiger partial charge is 0.406 e. The van der Waals surface area contributed by atoms with Gasteiger partial charge in [0.1, 0.15) is 9.96 Å². The van der Waals surface area contributed by atoms with Crippen LogP contribution < -0.4 is 20.3 Å². The van der Waals surface area contributed by atoms with Crippen molar-refractivity contribution in [2.75, 3.05) is 4.72 Å². The predicted molar refractivity (Wildman–Crippen MR) is 114 cm³/mol. The van der Waals surface area contributed by atoms with E-state index in [4.69, 9.17) is 0 Å². The van der Waals surface area contributed by atoms with Gasteiger partial charge in [0.05, 0.1) is 17.7 Å². The van der Waals surface area contributed by atoms with Gasteiger partial charge in [-0.15, -0.1) is 24.5 Å². The van der Waals surface area contributed by atoms with E-state index in [2.05, 4.69) is 20.3 Å². The number of hydrazine groups is 1. The molecule has 3 aromatic rings. The zero-order chi connectivity index (χ0) is 24.1. The van der Waals surface area contributed by atoms with Gasteiger partial charge in [0, 0.05) is 0 Å². The average molecular weight is 499 g/mol. The summed E-state index contributed by atoms with van der Waals surface area (Å²) >= 11 is 1.01. The molecule has 174 valence electrons. The Balaban J connectivity index is 1.59. The second-order valence-electron chi connectivity index (χ2n) is 6.45. The third-order valence-corrected chi connectivity index (χ3v) is 6.78. The van der Waals surface area contributed by atoms with Crippen LogP contribution in [0.2, 0.25) is 0 Å². The molecule has 0 fully saturated rings.